The van der Waals surface area contributed by atoms with Gasteiger partial charge >= 0.3 is 0 Å². The van der Waals surface area contributed by atoms with E-state index >= 15 is 0 Å². The Labute approximate surface area is 82.0 Å². The lowest BCUT2D eigenvalue weighted by Crippen LogP contribution is -1.99. The zero-order valence-corrected chi connectivity index (χ0v) is 8.44. The minimum atomic E-state index is -0.167. The summed E-state index contributed by atoms with van der Waals surface area (Å²) in [5, 5.41) is 5.80. The molecule has 0 saturated heterocycles. The molecule has 0 aliphatic rings. The number of aromatic nitrogens is 2. The van der Waals surface area contributed by atoms with Crippen molar-refractivity contribution in [3.05, 3.63) is 27.0 Å². The number of nitrogens with one attached hydrogen (secondary N) is 2. The van der Waals surface area contributed by atoms with Gasteiger partial charge in [-0.05, 0) is 12.1 Å². The summed E-state index contributed by atoms with van der Waals surface area (Å²) in [6, 6.07) is 3.57. The maximum absolute atomic E-state index is 11.3. The zero-order valence-electron chi connectivity index (χ0n) is 6.85. The van der Waals surface area contributed by atoms with Crippen molar-refractivity contribution < 1.29 is 4.74 Å². The third kappa shape index (κ3) is 1.25. The van der Waals surface area contributed by atoms with Crippen molar-refractivity contribution in [2.75, 3.05) is 7.11 Å². The fourth-order valence-electron chi connectivity index (χ4n) is 1.26. The van der Waals surface area contributed by atoms with Gasteiger partial charge in [0.05, 0.1) is 12.6 Å². The molecule has 0 atom stereocenters. The molecule has 0 fully saturated rings. The number of rotatable bonds is 1. The standard InChI is InChI=1S/C8H7BrN2O2/c1-13-6-3-4(9)2-5-7(6)8(12)11-10-5/h2-3H,1H3,(H2,10,11,12). The van der Waals surface area contributed by atoms with Crippen LogP contribution in [0.5, 0.6) is 5.75 Å². The van der Waals surface area contributed by atoms with Gasteiger partial charge in [0, 0.05) is 4.47 Å². The Hall–Kier alpha value is -1.23. The van der Waals surface area contributed by atoms with Crippen LogP contribution in [0.25, 0.3) is 10.9 Å². The summed E-state index contributed by atoms with van der Waals surface area (Å²) in [4.78, 5) is 11.3. The summed E-state index contributed by atoms with van der Waals surface area (Å²) in [7, 11) is 1.54. The van der Waals surface area contributed by atoms with Crippen LogP contribution in [0.15, 0.2) is 21.4 Å². The van der Waals surface area contributed by atoms with E-state index in [4.69, 9.17) is 4.74 Å². The van der Waals surface area contributed by atoms with Crippen molar-refractivity contribution in [2.24, 2.45) is 0 Å². The van der Waals surface area contributed by atoms with Crippen molar-refractivity contribution in [1.29, 1.82) is 0 Å². The summed E-state index contributed by atoms with van der Waals surface area (Å²) in [6.07, 6.45) is 0. The molecular weight excluding hydrogens is 236 g/mol. The molecule has 0 aliphatic heterocycles. The third-order valence-electron chi connectivity index (χ3n) is 1.82. The SMILES string of the molecule is COc1cc(Br)cc2[nH][nH]c(=O)c12. The second-order valence-electron chi connectivity index (χ2n) is 2.61. The minimum absolute atomic E-state index is 0.167. The first-order valence-corrected chi connectivity index (χ1v) is 4.45. The largest absolute Gasteiger partial charge is 0.496 e. The molecule has 2 aromatic rings. The summed E-state index contributed by atoms with van der Waals surface area (Å²) in [5.41, 5.74) is 0.565. The van der Waals surface area contributed by atoms with E-state index in [-0.39, 0.29) is 5.56 Å². The van der Waals surface area contributed by atoms with Gasteiger partial charge in [-0.3, -0.25) is 15.0 Å². The van der Waals surface area contributed by atoms with Crippen LogP contribution in [0.2, 0.25) is 0 Å². The lowest BCUT2D eigenvalue weighted by atomic mass is 10.2. The number of halogens is 1. The number of fused-ring (bicyclic) bond motifs is 1. The van der Waals surface area contributed by atoms with Gasteiger partial charge in [0.25, 0.3) is 5.56 Å². The quantitative estimate of drug-likeness (QED) is 0.799. The average Bonchev–Trinajstić information content (AvgIpc) is 2.46. The van der Waals surface area contributed by atoms with Gasteiger partial charge in [0.15, 0.2) is 0 Å². The van der Waals surface area contributed by atoms with E-state index in [0.29, 0.717) is 11.1 Å². The highest BCUT2D eigenvalue weighted by Crippen LogP contribution is 2.25. The molecule has 1 aromatic carbocycles. The van der Waals surface area contributed by atoms with E-state index in [0.717, 1.165) is 9.99 Å². The monoisotopic (exact) mass is 242 g/mol. The Morgan fingerprint density at radius 1 is 1.38 bits per heavy atom. The Bertz CT molecular complexity index is 500. The molecule has 1 aromatic heterocycles. The van der Waals surface area contributed by atoms with Crippen molar-refractivity contribution in [3.63, 3.8) is 0 Å². The third-order valence-corrected chi connectivity index (χ3v) is 2.28. The van der Waals surface area contributed by atoms with Crippen molar-refractivity contribution >= 4 is 26.8 Å². The first-order chi connectivity index (χ1) is 6.22. The number of hydrogen-bond donors (Lipinski definition) is 2. The average molecular weight is 243 g/mol. The van der Waals surface area contributed by atoms with Crippen molar-refractivity contribution in [1.82, 2.24) is 10.2 Å². The van der Waals surface area contributed by atoms with Crippen LogP contribution in [0.3, 0.4) is 0 Å². The Balaban J connectivity index is 2.93. The number of benzene rings is 1. The number of hydrogen-bond acceptors (Lipinski definition) is 2. The van der Waals surface area contributed by atoms with Crippen LogP contribution in [0, 0.1) is 0 Å². The molecule has 13 heavy (non-hydrogen) atoms. The molecule has 0 amide bonds. The molecule has 5 heteroatoms. The van der Waals surface area contributed by atoms with Gasteiger partial charge in [-0.2, -0.15) is 0 Å². The molecule has 0 aliphatic carbocycles. The maximum Gasteiger partial charge on any atom is 0.275 e. The van der Waals surface area contributed by atoms with Gasteiger partial charge in [-0.1, -0.05) is 15.9 Å². The molecule has 0 saturated carbocycles. The first-order valence-electron chi connectivity index (χ1n) is 3.66. The second kappa shape index (κ2) is 2.92. The zero-order chi connectivity index (χ0) is 9.42. The fraction of sp³-hybridized carbons (Fsp3) is 0.125. The smallest absolute Gasteiger partial charge is 0.275 e. The Morgan fingerprint density at radius 3 is 2.85 bits per heavy atom. The van der Waals surface area contributed by atoms with Crippen LogP contribution in [-0.2, 0) is 0 Å². The molecule has 0 radical (unpaired) electrons. The molecule has 2 N–H and O–H groups in total. The van der Waals surface area contributed by atoms with Crippen LogP contribution in [0.1, 0.15) is 0 Å². The molecule has 4 nitrogen and oxygen atoms in total. The van der Waals surface area contributed by atoms with Gasteiger partial charge < -0.3 is 4.74 Å². The summed E-state index contributed by atoms with van der Waals surface area (Å²) < 4.78 is 5.95. The predicted octanol–water partition coefficient (Wildman–Crippen LogP) is 1.63. The second-order valence-corrected chi connectivity index (χ2v) is 3.53. The van der Waals surface area contributed by atoms with E-state index < -0.39 is 0 Å². The maximum atomic E-state index is 11.3. The molecule has 68 valence electrons. The lowest BCUT2D eigenvalue weighted by molar-refractivity contribution is 0.419. The van der Waals surface area contributed by atoms with Gasteiger partial charge in [-0.25, -0.2) is 0 Å². The molecule has 1 heterocycles. The van der Waals surface area contributed by atoms with Crippen LogP contribution >= 0.6 is 15.9 Å². The normalized spacial score (nSPS) is 10.6. The highest BCUT2D eigenvalue weighted by atomic mass is 79.9. The van der Waals surface area contributed by atoms with Crippen LogP contribution in [0.4, 0.5) is 0 Å². The lowest BCUT2D eigenvalue weighted by Gasteiger charge is -2.00. The van der Waals surface area contributed by atoms with Crippen molar-refractivity contribution in [2.45, 2.75) is 0 Å². The molecule has 0 bridgehead atoms. The highest BCUT2D eigenvalue weighted by molar-refractivity contribution is 9.10. The van der Waals surface area contributed by atoms with Gasteiger partial charge in [0.2, 0.25) is 0 Å². The van der Waals surface area contributed by atoms with E-state index in [2.05, 4.69) is 26.1 Å². The van der Waals surface area contributed by atoms with Gasteiger partial charge in [0.1, 0.15) is 11.1 Å². The van der Waals surface area contributed by atoms with Crippen LogP contribution in [-0.4, -0.2) is 17.3 Å². The molecule has 0 unspecified atom stereocenters. The van der Waals surface area contributed by atoms with E-state index in [1.165, 1.54) is 7.11 Å². The van der Waals surface area contributed by atoms with E-state index in [1.807, 2.05) is 6.07 Å². The Morgan fingerprint density at radius 2 is 2.15 bits per heavy atom. The van der Waals surface area contributed by atoms with E-state index in [1.54, 1.807) is 6.07 Å². The minimum Gasteiger partial charge on any atom is -0.496 e. The predicted molar refractivity (Wildman–Crippen MR) is 53.2 cm³/mol. The number of H-pyrrole nitrogens is 2. The van der Waals surface area contributed by atoms with Crippen molar-refractivity contribution in [3.8, 4) is 5.75 Å². The van der Waals surface area contributed by atoms with Gasteiger partial charge in [-0.15, -0.1) is 0 Å². The summed E-state index contributed by atoms with van der Waals surface area (Å²) in [6.45, 7) is 0. The summed E-state index contributed by atoms with van der Waals surface area (Å²) >= 11 is 3.32. The number of methoxy groups -OCH3 is 1. The number of ether oxygens (including phenoxy) is 1. The fourth-order valence-corrected chi connectivity index (χ4v) is 1.70. The topological polar surface area (TPSA) is 57.9 Å². The molecular formula is C8H7BrN2O2. The summed E-state index contributed by atoms with van der Waals surface area (Å²) in [5.74, 6) is 0.562. The highest BCUT2D eigenvalue weighted by Gasteiger charge is 2.08. The number of aromatic amines is 2. The van der Waals surface area contributed by atoms with Crippen LogP contribution < -0.4 is 10.3 Å². The molecule has 2 rings (SSSR count). The van der Waals surface area contributed by atoms with E-state index in [9.17, 15) is 4.79 Å². The molecule has 0 spiro atoms. The first kappa shape index (κ1) is 8.37. The Kier molecular flexibility index (Phi) is 1.88.